The van der Waals surface area contributed by atoms with Crippen molar-refractivity contribution in [3.05, 3.63) is 0 Å². The van der Waals surface area contributed by atoms with Crippen molar-refractivity contribution >= 4 is 13.1 Å². The first kappa shape index (κ1) is 7.82. The van der Waals surface area contributed by atoms with Crippen molar-refractivity contribution in [2.75, 3.05) is 7.11 Å². The van der Waals surface area contributed by atoms with Gasteiger partial charge in [0.25, 0.3) is 0 Å². The fraction of sp³-hybridized carbons (Fsp3) is 0.667. The van der Waals surface area contributed by atoms with Crippen LogP contribution in [0.25, 0.3) is 0 Å². The molecule has 0 aliphatic heterocycles. The molecule has 0 fully saturated rings. The second-order valence-corrected chi connectivity index (χ2v) is 3.26. The van der Waals surface area contributed by atoms with Crippen molar-refractivity contribution in [2.45, 2.75) is 6.92 Å². The van der Waals surface area contributed by atoms with E-state index in [1.165, 1.54) is 0 Å². The van der Waals surface area contributed by atoms with E-state index in [4.69, 9.17) is 4.89 Å². The van der Waals surface area contributed by atoms with Gasteiger partial charge in [0.15, 0.2) is 0 Å². The Balaban J connectivity index is 4.15. The van der Waals surface area contributed by atoms with Crippen LogP contribution in [0.15, 0.2) is 0 Å². The van der Waals surface area contributed by atoms with Crippen LogP contribution in [-0.2, 0) is 13.9 Å². The maximum atomic E-state index is 10.3. The van der Waals surface area contributed by atoms with Crippen LogP contribution in [-0.4, -0.2) is 17.5 Å². The monoisotopic (exact) mass is 138 g/mol. The lowest BCUT2D eigenvalue weighted by molar-refractivity contribution is -0.111. The highest BCUT2D eigenvalue weighted by Gasteiger charge is 2.23. The molecule has 1 atom stereocenters. The number of rotatable bonds is 2. The topological polar surface area (TPSA) is 63.6 Å². The number of carbonyl (C=O) groups excluding carboxylic acids is 1. The Kier molecular flexibility index (Phi) is 2.34. The molecule has 0 heterocycles. The Morgan fingerprint density at radius 3 is 2.12 bits per heavy atom. The number of hydrogen-bond donors (Lipinski definition) is 1. The minimum absolute atomic E-state index is 0.833. The first-order valence-electron chi connectivity index (χ1n) is 1.90. The molecule has 0 aromatic carbocycles. The van der Waals surface area contributed by atoms with Crippen LogP contribution >= 0.6 is 7.60 Å². The van der Waals surface area contributed by atoms with Crippen molar-refractivity contribution in [3.8, 4) is 0 Å². The average Bonchev–Trinajstić information content (AvgIpc) is 1.67. The highest BCUT2D eigenvalue weighted by molar-refractivity contribution is 7.70. The molecular weight excluding hydrogens is 131 g/mol. The molecular formula is C3H7O4P. The second-order valence-electron chi connectivity index (χ2n) is 1.22. The van der Waals surface area contributed by atoms with Gasteiger partial charge in [-0.1, -0.05) is 0 Å². The zero-order valence-corrected chi connectivity index (χ0v) is 5.51. The Morgan fingerprint density at radius 2 is 2.12 bits per heavy atom. The third-order valence-corrected chi connectivity index (χ3v) is 1.94. The van der Waals surface area contributed by atoms with Gasteiger partial charge in [-0.05, 0) is 0 Å². The number of hydrogen-bond acceptors (Lipinski definition) is 3. The van der Waals surface area contributed by atoms with Gasteiger partial charge in [0.2, 0.25) is 5.52 Å². The summed E-state index contributed by atoms with van der Waals surface area (Å²) in [5.74, 6) is 0. The van der Waals surface area contributed by atoms with E-state index in [0.29, 0.717) is 0 Å². The summed E-state index contributed by atoms with van der Waals surface area (Å²) in [7, 11) is -2.87. The Hall–Kier alpha value is -0.180. The molecule has 0 bridgehead atoms. The molecule has 0 rings (SSSR count). The summed E-state index contributed by atoms with van der Waals surface area (Å²) >= 11 is 0. The van der Waals surface area contributed by atoms with Crippen LogP contribution < -0.4 is 0 Å². The van der Waals surface area contributed by atoms with Crippen molar-refractivity contribution in [1.82, 2.24) is 0 Å². The molecule has 0 amide bonds. The van der Waals surface area contributed by atoms with Crippen molar-refractivity contribution in [3.63, 3.8) is 0 Å². The van der Waals surface area contributed by atoms with Gasteiger partial charge in [-0.2, -0.15) is 0 Å². The molecule has 48 valence electrons. The Bertz CT molecular complexity index is 140. The predicted molar refractivity (Wildman–Crippen MR) is 27.5 cm³/mol. The third-order valence-electron chi connectivity index (χ3n) is 0.645. The van der Waals surface area contributed by atoms with Crippen LogP contribution in [0.3, 0.4) is 0 Å². The molecule has 0 radical (unpaired) electrons. The molecule has 0 saturated heterocycles. The van der Waals surface area contributed by atoms with Gasteiger partial charge < -0.3 is 9.42 Å². The average molecular weight is 138 g/mol. The summed E-state index contributed by atoms with van der Waals surface area (Å²) in [6, 6.07) is 0. The SMILES string of the molecule is COP(=O)(O)C(C)=O. The molecule has 0 aliphatic carbocycles. The third kappa shape index (κ3) is 1.74. The van der Waals surface area contributed by atoms with Gasteiger partial charge in [0.05, 0.1) is 0 Å². The molecule has 5 heteroatoms. The number of carbonyl (C=O) groups is 1. The minimum Gasteiger partial charge on any atom is -0.319 e. The van der Waals surface area contributed by atoms with Gasteiger partial charge in [-0.15, -0.1) is 0 Å². The van der Waals surface area contributed by atoms with E-state index in [1.807, 2.05) is 0 Å². The summed E-state index contributed by atoms with van der Waals surface area (Å²) in [6.45, 7) is 1.00. The van der Waals surface area contributed by atoms with Crippen molar-refractivity contribution in [1.29, 1.82) is 0 Å². The zero-order chi connectivity index (χ0) is 6.78. The zero-order valence-electron chi connectivity index (χ0n) is 4.62. The molecule has 1 N–H and O–H groups in total. The quantitative estimate of drug-likeness (QED) is 0.559. The van der Waals surface area contributed by atoms with E-state index in [-0.39, 0.29) is 0 Å². The van der Waals surface area contributed by atoms with E-state index in [9.17, 15) is 9.36 Å². The summed E-state index contributed by atoms with van der Waals surface area (Å²) < 4.78 is 14.2. The van der Waals surface area contributed by atoms with Gasteiger partial charge in [-0.25, -0.2) is 0 Å². The fourth-order valence-corrected chi connectivity index (χ4v) is 0.386. The van der Waals surface area contributed by atoms with Crippen LogP contribution in [0, 0.1) is 0 Å². The first-order chi connectivity index (χ1) is 3.50. The smallest absolute Gasteiger partial charge is 0.319 e. The predicted octanol–water partition coefficient (Wildman–Crippen LogP) is 0.365. The van der Waals surface area contributed by atoms with E-state index in [2.05, 4.69) is 4.52 Å². The van der Waals surface area contributed by atoms with Crippen LogP contribution in [0.1, 0.15) is 6.92 Å². The van der Waals surface area contributed by atoms with Gasteiger partial charge in [0.1, 0.15) is 0 Å². The van der Waals surface area contributed by atoms with E-state index < -0.39 is 13.1 Å². The van der Waals surface area contributed by atoms with Gasteiger partial charge >= 0.3 is 7.60 Å². The first-order valence-corrected chi connectivity index (χ1v) is 3.48. The molecule has 0 aliphatic rings. The van der Waals surface area contributed by atoms with Crippen LogP contribution in [0.4, 0.5) is 0 Å². The molecule has 0 aromatic rings. The largest absolute Gasteiger partial charge is 0.393 e. The molecule has 8 heavy (non-hydrogen) atoms. The molecule has 4 nitrogen and oxygen atoms in total. The Morgan fingerprint density at radius 1 is 1.75 bits per heavy atom. The van der Waals surface area contributed by atoms with E-state index in [1.54, 1.807) is 0 Å². The van der Waals surface area contributed by atoms with Crippen molar-refractivity contribution < 1.29 is 18.8 Å². The van der Waals surface area contributed by atoms with Gasteiger partial charge in [0, 0.05) is 14.0 Å². The highest BCUT2D eigenvalue weighted by atomic mass is 31.2. The maximum absolute atomic E-state index is 10.3. The normalized spacial score (nSPS) is 17.4. The lowest BCUT2D eigenvalue weighted by atomic mass is 10.9. The molecule has 1 unspecified atom stereocenters. The van der Waals surface area contributed by atoms with E-state index >= 15 is 0 Å². The summed E-state index contributed by atoms with van der Waals surface area (Å²) in [4.78, 5) is 18.4. The second kappa shape index (κ2) is 2.40. The van der Waals surface area contributed by atoms with Crippen LogP contribution in [0.5, 0.6) is 0 Å². The van der Waals surface area contributed by atoms with Crippen molar-refractivity contribution in [2.24, 2.45) is 0 Å². The molecule has 0 saturated carbocycles. The fourth-order valence-electron chi connectivity index (χ4n) is 0.129. The van der Waals surface area contributed by atoms with Gasteiger partial charge in [-0.3, -0.25) is 9.36 Å². The Labute approximate surface area is 47.0 Å². The molecule has 0 spiro atoms. The lowest BCUT2D eigenvalue weighted by Crippen LogP contribution is -1.93. The minimum atomic E-state index is -3.88. The summed E-state index contributed by atoms with van der Waals surface area (Å²) in [5, 5.41) is 0. The van der Waals surface area contributed by atoms with Crippen LogP contribution in [0.2, 0.25) is 0 Å². The van der Waals surface area contributed by atoms with E-state index in [0.717, 1.165) is 14.0 Å². The maximum Gasteiger partial charge on any atom is 0.393 e. The highest BCUT2D eigenvalue weighted by Crippen LogP contribution is 2.40. The summed E-state index contributed by atoms with van der Waals surface area (Å²) in [5.41, 5.74) is -0.833. The standard InChI is InChI=1S/C3H7O4P/c1-3(4)8(5,6)7-2/h1-2H3,(H,5,6). The summed E-state index contributed by atoms with van der Waals surface area (Å²) in [6.07, 6.45) is 0. The molecule has 0 aromatic heterocycles. The lowest BCUT2D eigenvalue weighted by Gasteiger charge is -2.00.